The van der Waals surface area contributed by atoms with E-state index in [1.54, 1.807) is 0 Å². The molecule has 2 rings (SSSR count). The average Bonchev–Trinajstić information content (AvgIpc) is 2.55. The maximum Gasteiger partial charge on any atom is 0.117 e. The summed E-state index contributed by atoms with van der Waals surface area (Å²) in [5, 5.41) is 3.12. The molecule has 1 aliphatic carbocycles. The van der Waals surface area contributed by atoms with Crippen LogP contribution in [0, 0.1) is 11.8 Å². The van der Waals surface area contributed by atoms with Gasteiger partial charge < -0.3 is 5.32 Å². The van der Waals surface area contributed by atoms with E-state index in [4.69, 9.17) is 0 Å². The number of hydrogen-bond donors (Lipinski definition) is 1. The lowest BCUT2D eigenvalue weighted by molar-refractivity contribution is 0.216. The van der Waals surface area contributed by atoms with Crippen LogP contribution in [0.3, 0.4) is 0 Å². The standard InChI is InChI=1S/C9H16FN.ClH/c10-9-6-11-5-8(9)7-3-1-2-4-7;/h7-9,11H,1-6H2;1H. The molecule has 1 nitrogen and oxygen atoms in total. The largest absolute Gasteiger partial charge is 0.313 e. The minimum Gasteiger partial charge on any atom is -0.313 e. The number of rotatable bonds is 1. The Morgan fingerprint density at radius 3 is 2.25 bits per heavy atom. The van der Waals surface area contributed by atoms with E-state index in [0.717, 1.165) is 6.54 Å². The van der Waals surface area contributed by atoms with Crippen molar-refractivity contribution in [2.45, 2.75) is 31.9 Å². The van der Waals surface area contributed by atoms with E-state index in [1.165, 1.54) is 25.7 Å². The van der Waals surface area contributed by atoms with Gasteiger partial charge in [0, 0.05) is 19.0 Å². The quantitative estimate of drug-likeness (QED) is 0.673. The molecule has 0 aromatic heterocycles. The zero-order valence-electron chi connectivity index (χ0n) is 7.26. The van der Waals surface area contributed by atoms with Crippen LogP contribution in [-0.2, 0) is 0 Å². The van der Waals surface area contributed by atoms with Gasteiger partial charge in [0.05, 0.1) is 0 Å². The first-order chi connectivity index (χ1) is 5.38. The van der Waals surface area contributed by atoms with Crippen molar-refractivity contribution >= 4 is 12.4 Å². The van der Waals surface area contributed by atoms with Crippen molar-refractivity contribution in [2.75, 3.05) is 13.1 Å². The third kappa shape index (κ3) is 1.91. The smallest absolute Gasteiger partial charge is 0.117 e. The second kappa shape index (κ2) is 4.43. The number of alkyl halides is 1. The summed E-state index contributed by atoms with van der Waals surface area (Å²) in [5.74, 6) is 1.04. The first kappa shape index (κ1) is 10.3. The van der Waals surface area contributed by atoms with E-state index in [9.17, 15) is 4.39 Å². The molecule has 2 aliphatic rings. The summed E-state index contributed by atoms with van der Waals surface area (Å²) in [6.07, 6.45) is 4.64. The summed E-state index contributed by atoms with van der Waals surface area (Å²) in [6.45, 7) is 1.52. The maximum atomic E-state index is 13.2. The predicted octanol–water partition coefficient (Wildman–Crippen LogP) is 2.16. The van der Waals surface area contributed by atoms with Gasteiger partial charge in [0.25, 0.3) is 0 Å². The second-order valence-electron chi connectivity index (χ2n) is 3.88. The molecule has 2 fully saturated rings. The number of nitrogens with one attached hydrogen (secondary N) is 1. The van der Waals surface area contributed by atoms with Crippen molar-refractivity contribution in [1.82, 2.24) is 5.32 Å². The fraction of sp³-hybridized carbons (Fsp3) is 1.00. The van der Waals surface area contributed by atoms with E-state index in [-0.39, 0.29) is 12.4 Å². The van der Waals surface area contributed by atoms with E-state index < -0.39 is 6.17 Å². The van der Waals surface area contributed by atoms with Crippen LogP contribution in [-0.4, -0.2) is 19.3 Å². The Labute approximate surface area is 79.5 Å². The van der Waals surface area contributed by atoms with Crippen molar-refractivity contribution in [3.05, 3.63) is 0 Å². The van der Waals surface area contributed by atoms with Gasteiger partial charge in [-0.1, -0.05) is 25.7 Å². The highest BCUT2D eigenvalue weighted by molar-refractivity contribution is 5.85. The number of halogens is 2. The summed E-state index contributed by atoms with van der Waals surface area (Å²) in [5.41, 5.74) is 0. The van der Waals surface area contributed by atoms with Gasteiger partial charge in [-0.2, -0.15) is 0 Å². The van der Waals surface area contributed by atoms with Gasteiger partial charge in [-0.15, -0.1) is 12.4 Å². The molecule has 1 N–H and O–H groups in total. The van der Waals surface area contributed by atoms with Crippen molar-refractivity contribution < 1.29 is 4.39 Å². The molecule has 0 spiro atoms. The van der Waals surface area contributed by atoms with E-state index in [1.807, 2.05) is 0 Å². The van der Waals surface area contributed by atoms with Gasteiger partial charge in [-0.25, -0.2) is 4.39 Å². The molecule has 1 heterocycles. The molecule has 0 aromatic carbocycles. The normalized spacial score (nSPS) is 36.8. The lowest BCUT2D eigenvalue weighted by Crippen LogP contribution is -2.21. The van der Waals surface area contributed by atoms with Gasteiger partial charge >= 0.3 is 0 Å². The average molecular weight is 194 g/mol. The molecule has 3 heteroatoms. The van der Waals surface area contributed by atoms with Crippen LogP contribution < -0.4 is 5.32 Å². The van der Waals surface area contributed by atoms with Gasteiger partial charge in [0.1, 0.15) is 6.17 Å². The topological polar surface area (TPSA) is 12.0 Å². The summed E-state index contributed by atoms with van der Waals surface area (Å²) in [7, 11) is 0. The molecule has 0 aromatic rings. The van der Waals surface area contributed by atoms with E-state index >= 15 is 0 Å². The van der Waals surface area contributed by atoms with Crippen molar-refractivity contribution in [2.24, 2.45) is 11.8 Å². The number of hydrogen-bond acceptors (Lipinski definition) is 1. The molecule has 0 radical (unpaired) electrons. The van der Waals surface area contributed by atoms with Gasteiger partial charge in [-0.3, -0.25) is 0 Å². The lowest BCUT2D eigenvalue weighted by atomic mass is 9.89. The van der Waals surface area contributed by atoms with Crippen molar-refractivity contribution in [1.29, 1.82) is 0 Å². The third-order valence-electron chi connectivity index (χ3n) is 3.19. The molecule has 72 valence electrons. The highest BCUT2D eigenvalue weighted by Gasteiger charge is 2.34. The summed E-state index contributed by atoms with van der Waals surface area (Å²) in [4.78, 5) is 0. The van der Waals surface area contributed by atoms with Gasteiger partial charge in [-0.05, 0) is 5.92 Å². The first-order valence-corrected chi connectivity index (χ1v) is 4.72. The molecule has 2 atom stereocenters. The molecular weight excluding hydrogens is 177 g/mol. The molecule has 12 heavy (non-hydrogen) atoms. The van der Waals surface area contributed by atoms with Crippen LogP contribution >= 0.6 is 12.4 Å². The predicted molar refractivity (Wildman–Crippen MR) is 50.5 cm³/mol. The maximum absolute atomic E-state index is 13.2. The Morgan fingerprint density at radius 1 is 1.08 bits per heavy atom. The fourth-order valence-corrected chi connectivity index (χ4v) is 2.51. The van der Waals surface area contributed by atoms with Crippen LogP contribution in [0.4, 0.5) is 4.39 Å². The second-order valence-corrected chi connectivity index (χ2v) is 3.88. The van der Waals surface area contributed by atoms with Crippen LogP contribution in [0.25, 0.3) is 0 Å². The summed E-state index contributed by atoms with van der Waals surface area (Å²) >= 11 is 0. The van der Waals surface area contributed by atoms with Crippen LogP contribution in [0.2, 0.25) is 0 Å². The Kier molecular flexibility index (Phi) is 3.78. The van der Waals surface area contributed by atoms with Crippen LogP contribution in [0.1, 0.15) is 25.7 Å². The lowest BCUT2D eigenvalue weighted by Gasteiger charge is -2.18. The molecule has 1 saturated heterocycles. The summed E-state index contributed by atoms with van der Waals surface area (Å²) in [6, 6.07) is 0. The Hall–Kier alpha value is 0.180. The SMILES string of the molecule is Cl.FC1CNCC1C1CCCC1. The van der Waals surface area contributed by atoms with Gasteiger partial charge in [0.15, 0.2) is 0 Å². The van der Waals surface area contributed by atoms with Crippen molar-refractivity contribution in [3.8, 4) is 0 Å². The van der Waals surface area contributed by atoms with E-state index in [2.05, 4.69) is 5.32 Å². The van der Waals surface area contributed by atoms with E-state index in [0.29, 0.717) is 18.4 Å². The van der Waals surface area contributed by atoms with Crippen molar-refractivity contribution in [3.63, 3.8) is 0 Å². The Bertz CT molecular complexity index is 136. The molecule has 0 amide bonds. The monoisotopic (exact) mass is 193 g/mol. The highest BCUT2D eigenvalue weighted by atomic mass is 35.5. The zero-order valence-corrected chi connectivity index (χ0v) is 8.08. The third-order valence-corrected chi connectivity index (χ3v) is 3.19. The van der Waals surface area contributed by atoms with Crippen LogP contribution in [0.5, 0.6) is 0 Å². The zero-order chi connectivity index (χ0) is 7.68. The Morgan fingerprint density at radius 2 is 1.75 bits per heavy atom. The minimum absolute atomic E-state index is 0. The highest BCUT2D eigenvalue weighted by Crippen LogP contribution is 2.35. The molecule has 1 aliphatic heterocycles. The minimum atomic E-state index is -0.557. The molecule has 1 saturated carbocycles. The molecular formula is C9H17ClFN. The molecule has 2 unspecified atom stereocenters. The first-order valence-electron chi connectivity index (χ1n) is 4.72. The fourth-order valence-electron chi connectivity index (χ4n) is 2.51. The Balaban J connectivity index is 0.000000720. The summed E-state index contributed by atoms with van der Waals surface area (Å²) < 4.78 is 13.2. The van der Waals surface area contributed by atoms with Gasteiger partial charge in [0.2, 0.25) is 0 Å². The molecule has 0 bridgehead atoms. The van der Waals surface area contributed by atoms with Crippen LogP contribution in [0.15, 0.2) is 0 Å².